The fourth-order valence-electron chi connectivity index (χ4n) is 2.35. The Morgan fingerprint density at radius 3 is 2.33 bits per heavy atom. The van der Waals surface area contributed by atoms with Gasteiger partial charge in [-0.2, -0.15) is 0 Å². The molecule has 1 aliphatic rings. The molecule has 0 aromatic carbocycles. The molecule has 0 spiro atoms. The molecule has 0 atom stereocenters. The highest BCUT2D eigenvalue weighted by atomic mass is 14.9. The molecule has 0 aromatic rings. The smallest absolute Gasteiger partial charge is 0.00205 e. The highest BCUT2D eigenvalue weighted by Gasteiger charge is 2.17. The van der Waals surface area contributed by atoms with Gasteiger partial charge in [0.1, 0.15) is 0 Å². The fraction of sp³-hybridized carbons (Fsp3) is 1.00. The average molecular weight is 212 g/mol. The first-order valence-electron chi connectivity index (χ1n) is 6.74. The Morgan fingerprint density at radius 2 is 1.67 bits per heavy atom. The summed E-state index contributed by atoms with van der Waals surface area (Å²) < 4.78 is 0. The minimum absolute atomic E-state index is 0.959. The quantitative estimate of drug-likeness (QED) is 0.633. The van der Waals surface area contributed by atoms with E-state index in [1.54, 1.807) is 0 Å². The van der Waals surface area contributed by atoms with Crippen LogP contribution in [0.25, 0.3) is 0 Å². The lowest BCUT2D eigenvalue weighted by Crippen LogP contribution is -2.28. The van der Waals surface area contributed by atoms with E-state index in [2.05, 4.69) is 24.5 Å². The molecule has 1 aliphatic carbocycles. The predicted molar refractivity (Wildman–Crippen MR) is 67.2 cm³/mol. The topological polar surface area (TPSA) is 24.1 Å². The van der Waals surface area contributed by atoms with Gasteiger partial charge in [0.05, 0.1) is 0 Å². The van der Waals surface area contributed by atoms with E-state index < -0.39 is 0 Å². The maximum absolute atomic E-state index is 3.59. The van der Waals surface area contributed by atoms with Gasteiger partial charge in [0.2, 0.25) is 0 Å². The zero-order chi connectivity index (χ0) is 10.9. The van der Waals surface area contributed by atoms with E-state index in [1.165, 1.54) is 45.2 Å². The van der Waals surface area contributed by atoms with Crippen molar-refractivity contribution in [2.24, 2.45) is 11.8 Å². The van der Waals surface area contributed by atoms with Crippen LogP contribution in [0.3, 0.4) is 0 Å². The van der Waals surface area contributed by atoms with Gasteiger partial charge < -0.3 is 10.6 Å². The molecular weight excluding hydrogens is 184 g/mol. The first-order chi connectivity index (χ1) is 7.33. The van der Waals surface area contributed by atoms with Crippen LogP contribution in [0, 0.1) is 11.8 Å². The van der Waals surface area contributed by atoms with Crippen molar-refractivity contribution in [2.45, 2.75) is 46.0 Å². The van der Waals surface area contributed by atoms with Gasteiger partial charge in [-0.3, -0.25) is 0 Å². The Hall–Kier alpha value is -0.0800. The summed E-state index contributed by atoms with van der Waals surface area (Å²) in [6.07, 6.45) is 7.05. The number of nitrogens with one attached hydrogen (secondary N) is 2. The third-order valence-corrected chi connectivity index (χ3v) is 3.53. The van der Waals surface area contributed by atoms with E-state index in [9.17, 15) is 0 Å². The lowest BCUT2D eigenvalue weighted by molar-refractivity contribution is 0.282. The second kappa shape index (κ2) is 8.12. The van der Waals surface area contributed by atoms with E-state index in [4.69, 9.17) is 0 Å². The van der Waals surface area contributed by atoms with Crippen LogP contribution in [0.2, 0.25) is 0 Å². The van der Waals surface area contributed by atoms with Crippen LogP contribution in [0.1, 0.15) is 46.0 Å². The molecule has 1 rings (SSSR count). The van der Waals surface area contributed by atoms with Gasteiger partial charge in [-0.1, -0.05) is 26.7 Å². The standard InChI is InChI=1S/C13H28N2/c1-3-14-9-4-10-15-11-13-7-5-12(2)6-8-13/h12-15H,3-11H2,1-2H3. The molecular formula is C13H28N2. The maximum Gasteiger partial charge on any atom is -0.00205 e. The van der Waals surface area contributed by atoms with Crippen molar-refractivity contribution in [1.29, 1.82) is 0 Å². The van der Waals surface area contributed by atoms with Crippen molar-refractivity contribution in [3.63, 3.8) is 0 Å². The molecule has 0 amide bonds. The summed E-state index contributed by atoms with van der Waals surface area (Å²) in [7, 11) is 0. The summed E-state index contributed by atoms with van der Waals surface area (Å²) in [5, 5.41) is 6.94. The molecule has 15 heavy (non-hydrogen) atoms. The first kappa shape index (κ1) is 13.0. The Morgan fingerprint density at radius 1 is 1.00 bits per heavy atom. The van der Waals surface area contributed by atoms with Gasteiger partial charge in [0, 0.05) is 0 Å². The molecule has 90 valence electrons. The van der Waals surface area contributed by atoms with Gasteiger partial charge >= 0.3 is 0 Å². The highest BCUT2D eigenvalue weighted by molar-refractivity contribution is 4.71. The first-order valence-corrected chi connectivity index (χ1v) is 6.74. The molecule has 0 radical (unpaired) electrons. The Kier molecular flexibility index (Phi) is 7.03. The largest absolute Gasteiger partial charge is 0.317 e. The summed E-state index contributed by atoms with van der Waals surface area (Å²) in [5.41, 5.74) is 0. The van der Waals surface area contributed by atoms with E-state index in [1.807, 2.05) is 0 Å². The lowest BCUT2D eigenvalue weighted by atomic mass is 9.83. The highest BCUT2D eigenvalue weighted by Crippen LogP contribution is 2.27. The lowest BCUT2D eigenvalue weighted by Gasteiger charge is -2.26. The van der Waals surface area contributed by atoms with Gasteiger partial charge in [0.25, 0.3) is 0 Å². The molecule has 2 N–H and O–H groups in total. The van der Waals surface area contributed by atoms with Gasteiger partial charge in [0.15, 0.2) is 0 Å². The average Bonchev–Trinajstić information content (AvgIpc) is 2.26. The van der Waals surface area contributed by atoms with Crippen molar-refractivity contribution < 1.29 is 0 Å². The van der Waals surface area contributed by atoms with Crippen LogP contribution < -0.4 is 10.6 Å². The molecule has 0 unspecified atom stereocenters. The molecule has 0 aliphatic heterocycles. The molecule has 1 saturated carbocycles. The summed E-state index contributed by atoms with van der Waals surface area (Å²) in [6, 6.07) is 0. The molecule has 2 heteroatoms. The van der Waals surface area contributed by atoms with Crippen LogP contribution in [-0.2, 0) is 0 Å². The third-order valence-electron chi connectivity index (χ3n) is 3.53. The maximum atomic E-state index is 3.59. The fourth-order valence-corrected chi connectivity index (χ4v) is 2.35. The van der Waals surface area contributed by atoms with Gasteiger partial charge in [-0.15, -0.1) is 0 Å². The van der Waals surface area contributed by atoms with Crippen LogP contribution >= 0.6 is 0 Å². The second-order valence-corrected chi connectivity index (χ2v) is 5.04. The number of hydrogen-bond donors (Lipinski definition) is 2. The zero-order valence-electron chi connectivity index (χ0n) is 10.5. The van der Waals surface area contributed by atoms with E-state index in [-0.39, 0.29) is 0 Å². The normalized spacial score (nSPS) is 26.8. The predicted octanol–water partition coefficient (Wildman–Crippen LogP) is 2.40. The van der Waals surface area contributed by atoms with Crippen LogP contribution in [-0.4, -0.2) is 26.2 Å². The molecule has 2 nitrogen and oxygen atoms in total. The molecule has 1 fully saturated rings. The summed E-state index contributed by atoms with van der Waals surface area (Å²) in [5.74, 6) is 1.94. The van der Waals surface area contributed by atoms with Crippen LogP contribution in [0.4, 0.5) is 0 Å². The Balaban J connectivity index is 1.87. The Labute approximate surface area is 95.2 Å². The van der Waals surface area contributed by atoms with E-state index >= 15 is 0 Å². The zero-order valence-corrected chi connectivity index (χ0v) is 10.5. The molecule has 0 heterocycles. The van der Waals surface area contributed by atoms with Gasteiger partial charge in [-0.25, -0.2) is 0 Å². The van der Waals surface area contributed by atoms with Crippen LogP contribution in [0.5, 0.6) is 0 Å². The van der Waals surface area contributed by atoms with E-state index in [0.717, 1.165) is 24.9 Å². The van der Waals surface area contributed by atoms with E-state index in [0.29, 0.717) is 0 Å². The van der Waals surface area contributed by atoms with Crippen molar-refractivity contribution >= 4 is 0 Å². The van der Waals surface area contributed by atoms with Crippen LogP contribution in [0.15, 0.2) is 0 Å². The van der Waals surface area contributed by atoms with Crippen molar-refractivity contribution in [3.05, 3.63) is 0 Å². The minimum Gasteiger partial charge on any atom is -0.317 e. The Bertz CT molecular complexity index is 139. The SMILES string of the molecule is CCNCCCNCC1CCC(C)CC1. The number of rotatable bonds is 7. The molecule has 0 saturated heterocycles. The summed E-state index contributed by atoms with van der Waals surface area (Å²) in [4.78, 5) is 0. The second-order valence-electron chi connectivity index (χ2n) is 5.04. The van der Waals surface area contributed by atoms with Crippen molar-refractivity contribution in [1.82, 2.24) is 10.6 Å². The van der Waals surface area contributed by atoms with Crippen molar-refractivity contribution in [3.8, 4) is 0 Å². The number of hydrogen-bond acceptors (Lipinski definition) is 2. The summed E-state index contributed by atoms with van der Waals surface area (Å²) >= 11 is 0. The molecule has 0 bridgehead atoms. The van der Waals surface area contributed by atoms with Crippen molar-refractivity contribution in [2.75, 3.05) is 26.2 Å². The van der Waals surface area contributed by atoms with Gasteiger partial charge in [-0.05, 0) is 57.3 Å². The molecule has 0 aromatic heterocycles. The third kappa shape index (κ3) is 6.16. The minimum atomic E-state index is 0.959. The summed E-state index contributed by atoms with van der Waals surface area (Å²) in [6.45, 7) is 9.24. The monoisotopic (exact) mass is 212 g/mol.